The lowest BCUT2D eigenvalue weighted by Crippen LogP contribution is -2.30. The van der Waals surface area contributed by atoms with Crippen LogP contribution in [0.4, 0.5) is 5.00 Å². The predicted octanol–water partition coefficient (Wildman–Crippen LogP) is 4.07. The number of hydrogen-bond donors (Lipinski definition) is 1. The number of nitrogens with one attached hydrogen (secondary N) is 1. The molecule has 144 valence electrons. The van der Waals surface area contributed by atoms with Crippen molar-refractivity contribution in [2.45, 2.75) is 40.7 Å². The second-order valence-electron chi connectivity index (χ2n) is 6.26. The Bertz CT molecular complexity index is 900. The van der Waals surface area contributed by atoms with E-state index in [4.69, 9.17) is 9.47 Å². The zero-order valence-corrected chi connectivity index (χ0v) is 17.1. The number of rotatable bonds is 6. The normalized spacial score (nSPS) is 11.6. The molecule has 0 aliphatic rings. The molecule has 0 aliphatic heterocycles. The van der Waals surface area contributed by atoms with Crippen LogP contribution < -0.4 is 10.1 Å². The van der Waals surface area contributed by atoms with Gasteiger partial charge in [0, 0.05) is 0 Å². The van der Waals surface area contributed by atoms with Crippen LogP contribution in [0.2, 0.25) is 0 Å². The van der Waals surface area contributed by atoms with Gasteiger partial charge in [-0.1, -0.05) is 12.1 Å². The molecule has 0 saturated carbocycles. The summed E-state index contributed by atoms with van der Waals surface area (Å²) >= 11 is 1.06. The molecule has 1 aromatic heterocycles. The molecule has 1 atom stereocenters. The Hall–Kier alpha value is -2.67. The molecular formula is C20H23NO5S. The van der Waals surface area contributed by atoms with Crippen molar-refractivity contribution in [3.8, 4) is 5.75 Å². The Morgan fingerprint density at radius 3 is 2.37 bits per heavy atom. The number of amides is 1. The number of Topliss-reactive ketones (excluding diaryl/α,β-unsaturated/α-hetero) is 1. The van der Waals surface area contributed by atoms with E-state index in [-0.39, 0.29) is 16.3 Å². The number of anilines is 1. The van der Waals surface area contributed by atoms with Crippen LogP contribution in [0.1, 0.15) is 50.6 Å². The number of carbonyl (C=O) groups excluding carboxylic acids is 3. The Kier molecular flexibility index (Phi) is 6.38. The maximum atomic E-state index is 12.6. The molecule has 6 nitrogen and oxygen atoms in total. The van der Waals surface area contributed by atoms with E-state index >= 15 is 0 Å². The highest BCUT2D eigenvalue weighted by molar-refractivity contribution is 7.18. The molecule has 0 bridgehead atoms. The van der Waals surface area contributed by atoms with Gasteiger partial charge in [-0.2, -0.15) is 0 Å². The first-order valence-corrected chi connectivity index (χ1v) is 9.25. The molecule has 0 radical (unpaired) electrons. The monoisotopic (exact) mass is 389 g/mol. The van der Waals surface area contributed by atoms with Crippen molar-refractivity contribution >= 4 is 34.0 Å². The number of thiophene rings is 1. The molecule has 2 rings (SSSR count). The minimum absolute atomic E-state index is 0.178. The molecule has 1 unspecified atom stereocenters. The van der Waals surface area contributed by atoms with Crippen molar-refractivity contribution in [2.24, 2.45) is 0 Å². The van der Waals surface area contributed by atoms with Gasteiger partial charge in [-0.05, 0) is 57.4 Å². The fourth-order valence-corrected chi connectivity index (χ4v) is 3.69. The number of aryl methyl sites for hydroxylation is 1. The molecule has 0 spiro atoms. The van der Waals surface area contributed by atoms with Crippen LogP contribution in [0, 0.1) is 20.8 Å². The standard InChI is InChI=1S/C20H23NO5S/c1-10-8-7-9-15(11(10)2)26-14(5)18(23)21-19-16(20(24)25-6)12(3)17(27-19)13(4)22/h7-9,14H,1-6H3,(H,21,23). The third-order valence-corrected chi connectivity index (χ3v) is 5.63. The van der Waals surface area contributed by atoms with Crippen LogP contribution in [0.3, 0.4) is 0 Å². The van der Waals surface area contributed by atoms with Gasteiger partial charge in [-0.15, -0.1) is 11.3 Å². The molecule has 27 heavy (non-hydrogen) atoms. The van der Waals surface area contributed by atoms with Crippen LogP contribution in [-0.4, -0.2) is 30.9 Å². The number of esters is 1. The summed E-state index contributed by atoms with van der Waals surface area (Å²) in [5.41, 5.74) is 2.71. The minimum Gasteiger partial charge on any atom is -0.481 e. The van der Waals surface area contributed by atoms with Crippen molar-refractivity contribution in [3.05, 3.63) is 45.3 Å². The molecule has 0 aliphatic carbocycles. The fraction of sp³-hybridized carbons (Fsp3) is 0.350. The van der Waals surface area contributed by atoms with Crippen molar-refractivity contribution in [1.29, 1.82) is 0 Å². The van der Waals surface area contributed by atoms with Crippen LogP contribution in [0.25, 0.3) is 0 Å². The predicted molar refractivity (Wildman–Crippen MR) is 105 cm³/mol. The first-order chi connectivity index (χ1) is 12.7. The number of ether oxygens (including phenoxy) is 2. The molecule has 2 aromatic rings. The number of methoxy groups -OCH3 is 1. The van der Waals surface area contributed by atoms with Gasteiger partial charge in [-0.3, -0.25) is 9.59 Å². The lowest BCUT2D eigenvalue weighted by atomic mass is 10.1. The number of carbonyl (C=O) groups is 3. The SMILES string of the molecule is COC(=O)c1c(NC(=O)C(C)Oc2cccc(C)c2C)sc(C(C)=O)c1C. The van der Waals surface area contributed by atoms with E-state index in [0.717, 1.165) is 22.5 Å². The topological polar surface area (TPSA) is 81.7 Å². The first-order valence-electron chi connectivity index (χ1n) is 8.43. The smallest absolute Gasteiger partial charge is 0.341 e. The maximum absolute atomic E-state index is 12.6. The highest BCUT2D eigenvalue weighted by Crippen LogP contribution is 2.34. The van der Waals surface area contributed by atoms with Crippen LogP contribution in [0.5, 0.6) is 5.75 Å². The third kappa shape index (κ3) is 4.36. The zero-order chi connectivity index (χ0) is 20.3. The summed E-state index contributed by atoms with van der Waals surface area (Å²) in [4.78, 5) is 36.9. The fourth-order valence-electron chi connectivity index (χ4n) is 2.59. The Morgan fingerprint density at radius 2 is 1.78 bits per heavy atom. The van der Waals surface area contributed by atoms with Crippen molar-refractivity contribution in [1.82, 2.24) is 0 Å². The summed E-state index contributed by atoms with van der Waals surface area (Å²) in [6.45, 7) is 8.59. The molecule has 7 heteroatoms. The second-order valence-corrected chi connectivity index (χ2v) is 7.28. The number of hydrogen-bond acceptors (Lipinski definition) is 6. The van der Waals surface area contributed by atoms with Crippen LogP contribution in [-0.2, 0) is 9.53 Å². The quantitative estimate of drug-likeness (QED) is 0.595. The maximum Gasteiger partial charge on any atom is 0.341 e. The van der Waals surface area contributed by atoms with E-state index in [1.54, 1.807) is 19.9 Å². The van der Waals surface area contributed by atoms with E-state index in [9.17, 15) is 14.4 Å². The van der Waals surface area contributed by atoms with E-state index in [0.29, 0.717) is 16.2 Å². The van der Waals surface area contributed by atoms with Gasteiger partial charge in [0.15, 0.2) is 11.9 Å². The highest BCUT2D eigenvalue weighted by atomic mass is 32.1. The van der Waals surface area contributed by atoms with Gasteiger partial charge in [0.05, 0.1) is 17.6 Å². The lowest BCUT2D eigenvalue weighted by Gasteiger charge is -2.17. The highest BCUT2D eigenvalue weighted by Gasteiger charge is 2.26. The average Bonchev–Trinajstić information content (AvgIpc) is 2.94. The first kappa shape index (κ1) is 20.6. The summed E-state index contributed by atoms with van der Waals surface area (Å²) in [7, 11) is 1.25. The third-order valence-electron chi connectivity index (χ3n) is 4.32. The Labute approximate surface area is 162 Å². The number of ketones is 1. The summed E-state index contributed by atoms with van der Waals surface area (Å²) in [6.07, 6.45) is -0.792. The van der Waals surface area contributed by atoms with Crippen molar-refractivity contribution in [3.63, 3.8) is 0 Å². The van der Waals surface area contributed by atoms with E-state index < -0.39 is 18.0 Å². The van der Waals surface area contributed by atoms with Gasteiger partial charge in [0.25, 0.3) is 5.91 Å². The van der Waals surface area contributed by atoms with Gasteiger partial charge in [0.2, 0.25) is 0 Å². The van der Waals surface area contributed by atoms with Crippen LogP contribution >= 0.6 is 11.3 Å². The van der Waals surface area contributed by atoms with Gasteiger partial charge in [0.1, 0.15) is 10.8 Å². The van der Waals surface area contributed by atoms with Gasteiger partial charge >= 0.3 is 5.97 Å². The summed E-state index contributed by atoms with van der Waals surface area (Å²) in [5.74, 6) is -0.576. The molecule has 1 amide bonds. The lowest BCUT2D eigenvalue weighted by molar-refractivity contribution is -0.122. The van der Waals surface area contributed by atoms with Gasteiger partial charge in [-0.25, -0.2) is 4.79 Å². The largest absolute Gasteiger partial charge is 0.481 e. The molecule has 0 fully saturated rings. The van der Waals surface area contributed by atoms with Crippen molar-refractivity contribution in [2.75, 3.05) is 12.4 Å². The number of benzene rings is 1. The van der Waals surface area contributed by atoms with Gasteiger partial charge < -0.3 is 14.8 Å². The average molecular weight is 389 g/mol. The minimum atomic E-state index is -0.792. The molecule has 1 aromatic carbocycles. The van der Waals surface area contributed by atoms with Crippen LogP contribution in [0.15, 0.2) is 18.2 Å². The summed E-state index contributed by atoms with van der Waals surface area (Å²) in [5, 5.41) is 2.98. The summed E-state index contributed by atoms with van der Waals surface area (Å²) < 4.78 is 10.6. The van der Waals surface area contributed by atoms with E-state index in [1.165, 1.54) is 14.0 Å². The van der Waals surface area contributed by atoms with E-state index in [2.05, 4.69) is 5.32 Å². The molecule has 1 N–H and O–H groups in total. The summed E-state index contributed by atoms with van der Waals surface area (Å²) in [6, 6.07) is 5.63. The zero-order valence-electron chi connectivity index (χ0n) is 16.3. The Morgan fingerprint density at radius 1 is 1.11 bits per heavy atom. The Balaban J connectivity index is 2.26. The second kappa shape index (κ2) is 8.35. The molecule has 1 heterocycles. The van der Waals surface area contributed by atoms with Crippen molar-refractivity contribution < 1.29 is 23.9 Å². The molecular weight excluding hydrogens is 366 g/mol. The molecule has 0 saturated heterocycles. The van der Waals surface area contributed by atoms with E-state index in [1.807, 2.05) is 26.0 Å².